The zero-order chi connectivity index (χ0) is 28.3. The van der Waals surface area contributed by atoms with Crippen LogP contribution in [-0.2, 0) is 17.9 Å². The Labute approximate surface area is 228 Å². The third-order valence-corrected chi connectivity index (χ3v) is 6.87. The zero-order valence-electron chi connectivity index (χ0n) is 21.8. The lowest BCUT2D eigenvalue weighted by atomic mass is 9.97. The number of fused-ring (bicyclic) bond motifs is 1. The summed E-state index contributed by atoms with van der Waals surface area (Å²) in [5, 5.41) is 10.9. The number of piperidine rings is 1. The molecule has 0 unspecified atom stereocenters. The SMILES string of the molecule is C[C@]1(COc2ccc(N3CCC(COCc4cccc(OC(F)(F)F)c4)CC3)cc2)Cn2cc([N+](=O)[O-])nc2O1. The molecule has 2 aromatic carbocycles. The van der Waals surface area contributed by atoms with Gasteiger partial charge in [0.2, 0.25) is 0 Å². The number of ether oxygens (including phenoxy) is 4. The van der Waals surface area contributed by atoms with Crippen LogP contribution in [0.3, 0.4) is 0 Å². The molecule has 0 N–H and O–H groups in total. The molecule has 0 radical (unpaired) electrons. The molecule has 40 heavy (non-hydrogen) atoms. The highest BCUT2D eigenvalue weighted by Crippen LogP contribution is 2.32. The van der Waals surface area contributed by atoms with Gasteiger partial charge in [-0.15, -0.1) is 13.2 Å². The summed E-state index contributed by atoms with van der Waals surface area (Å²) in [4.78, 5) is 16.5. The lowest BCUT2D eigenvalue weighted by Gasteiger charge is -2.33. The highest BCUT2D eigenvalue weighted by atomic mass is 19.4. The van der Waals surface area contributed by atoms with Gasteiger partial charge in [-0.3, -0.25) is 4.57 Å². The second-order valence-electron chi connectivity index (χ2n) is 10.2. The number of aromatic nitrogens is 2. The molecule has 0 saturated carbocycles. The molecule has 0 aliphatic carbocycles. The van der Waals surface area contributed by atoms with Gasteiger partial charge in [0.25, 0.3) is 0 Å². The first-order chi connectivity index (χ1) is 19.1. The van der Waals surface area contributed by atoms with Gasteiger partial charge < -0.3 is 34.0 Å². The largest absolute Gasteiger partial charge is 0.573 e. The van der Waals surface area contributed by atoms with Crippen molar-refractivity contribution in [2.45, 2.75) is 44.9 Å². The minimum absolute atomic E-state index is 0.215. The standard InChI is InChI=1S/C27H29F3N4O6/c1-26(17-33-14-24(34(35)36)31-25(33)40-26)18-38-22-7-5-21(6-8-22)32-11-9-19(10-12-32)15-37-16-20-3-2-4-23(13-20)39-27(28,29)30/h2-8,13-14,19H,9-12,15-18H2,1H3/t26-/m1/s1. The second-order valence-corrected chi connectivity index (χ2v) is 10.2. The van der Waals surface area contributed by atoms with Crippen LogP contribution in [0.2, 0.25) is 0 Å². The first-order valence-corrected chi connectivity index (χ1v) is 12.9. The number of benzene rings is 2. The maximum Gasteiger partial charge on any atom is 0.573 e. The minimum atomic E-state index is -4.72. The Kier molecular flexibility index (Phi) is 7.74. The van der Waals surface area contributed by atoms with Gasteiger partial charge in [0, 0.05) is 30.4 Å². The van der Waals surface area contributed by atoms with E-state index in [-0.39, 0.29) is 30.8 Å². The number of nitro groups is 1. The van der Waals surface area contributed by atoms with Crippen molar-refractivity contribution in [3.05, 3.63) is 70.4 Å². The Morgan fingerprint density at radius 1 is 1.15 bits per heavy atom. The predicted molar refractivity (Wildman–Crippen MR) is 138 cm³/mol. The van der Waals surface area contributed by atoms with Crippen molar-refractivity contribution in [1.82, 2.24) is 9.55 Å². The fourth-order valence-corrected chi connectivity index (χ4v) is 4.88. The van der Waals surface area contributed by atoms with Gasteiger partial charge in [0.05, 0.1) is 13.2 Å². The summed E-state index contributed by atoms with van der Waals surface area (Å²) >= 11 is 0. The third-order valence-electron chi connectivity index (χ3n) is 6.87. The molecule has 0 amide bonds. The van der Waals surface area contributed by atoms with Gasteiger partial charge in [0.1, 0.15) is 24.3 Å². The highest BCUT2D eigenvalue weighted by Gasteiger charge is 2.41. The molecule has 10 nitrogen and oxygen atoms in total. The number of rotatable bonds is 10. The summed E-state index contributed by atoms with van der Waals surface area (Å²) in [7, 11) is 0. The Balaban J connectivity index is 1.03. The number of hydrogen-bond donors (Lipinski definition) is 0. The molecule has 1 aromatic heterocycles. The van der Waals surface area contributed by atoms with Crippen molar-refractivity contribution in [2.75, 3.05) is 31.2 Å². The number of halogens is 3. The molecule has 1 fully saturated rings. The van der Waals surface area contributed by atoms with Crippen molar-refractivity contribution in [3.8, 4) is 17.5 Å². The monoisotopic (exact) mass is 562 g/mol. The molecule has 13 heteroatoms. The minimum Gasteiger partial charge on any atom is -0.489 e. The molecule has 0 spiro atoms. The van der Waals surface area contributed by atoms with Gasteiger partial charge in [-0.25, -0.2) is 0 Å². The van der Waals surface area contributed by atoms with Crippen LogP contribution in [-0.4, -0.2) is 52.7 Å². The molecule has 1 atom stereocenters. The Morgan fingerprint density at radius 2 is 1.90 bits per heavy atom. The van der Waals surface area contributed by atoms with Crippen molar-refractivity contribution in [3.63, 3.8) is 0 Å². The van der Waals surface area contributed by atoms with Crippen LogP contribution in [0.4, 0.5) is 24.7 Å². The Morgan fingerprint density at radius 3 is 2.58 bits per heavy atom. The fourth-order valence-electron chi connectivity index (χ4n) is 4.88. The average molecular weight is 563 g/mol. The number of alkyl halides is 3. The smallest absolute Gasteiger partial charge is 0.489 e. The number of anilines is 1. The van der Waals surface area contributed by atoms with Gasteiger partial charge >= 0.3 is 18.2 Å². The maximum absolute atomic E-state index is 12.4. The van der Waals surface area contributed by atoms with Crippen molar-refractivity contribution < 1.29 is 37.0 Å². The van der Waals surface area contributed by atoms with Gasteiger partial charge in [-0.05, 0) is 72.6 Å². The summed E-state index contributed by atoms with van der Waals surface area (Å²) in [5.74, 6) is 0.573. The average Bonchev–Trinajstić information content (AvgIpc) is 3.43. The summed E-state index contributed by atoms with van der Waals surface area (Å²) in [6.45, 7) is 5.03. The lowest BCUT2D eigenvalue weighted by Crippen LogP contribution is -2.38. The maximum atomic E-state index is 12.4. The van der Waals surface area contributed by atoms with Gasteiger partial charge in [-0.1, -0.05) is 12.1 Å². The molecule has 2 aliphatic heterocycles. The Hall–Kier alpha value is -4.00. The third kappa shape index (κ3) is 6.95. The van der Waals surface area contributed by atoms with E-state index in [2.05, 4.69) is 14.6 Å². The van der Waals surface area contributed by atoms with E-state index in [4.69, 9.17) is 14.2 Å². The van der Waals surface area contributed by atoms with Gasteiger partial charge in [0.15, 0.2) is 5.60 Å². The van der Waals surface area contributed by atoms with E-state index in [1.165, 1.54) is 24.4 Å². The summed E-state index contributed by atoms with van der Waals surface area (Å²) in [6, 6.07) is 13.9. The molecule has 1 saturated heterocycles. The van der Waals surface area contributed by atoms with Crippen LogP contribution in [0.25, 0.3) is 0 Å². The summed E-state index contributed by atoms with van der Waals surface area (Å²) < 4.78 is 60.4. The first-order valence-electron chi connectivity index (χ1n) is 12.9. The predicted octanol–water partition coefficient (Wildman–Crippen LogP) is 5.35. The Bertz CT molecular complexity index is 1300. The van der Waals surface area contributed by atoms with E-state index in [1.54, 1.807) is 10.6 Å². The van der Waals surface area contributed by atoms with Crippen LogP contribution < -0.4 is 19.1 Å². The zero-order valence-corrected chi connectivity index (χ0v) is 21.8. The summed E-state index contributed by atoms with van der Waals surface area (Å²) in [5.41, 5.74) is 1.04. The topological polar surface area (TPSA) is 101 Å². The molecule has 214 valence electrons. The van der Waals surface area contributed by atoms with E-state index in [0.717, 1.165) is 31.6 Å². The van der Waals surface area contributed by atoms with Crippen LogP contribution in [0, 0.1) is 16.0 Å². The number of hydrogen-bond acceptors (Lipinski definition) is 8. The van der Waals surface area contributed by atoms with Gasteiger partial charge in [-0.2, -0.15) is 0 Å². The van der Waals surface area contributed by atoms with Crippen LogP contribution in [0.15, 0.2) is 54.7 Å². The van der Waals surface area contributed by atoms with Crippen molar-refractivity contribution >= 4 is 11.5 Å². The van der Waals surface area contributed by atoms with Crippen molar-refractivity contribution in [2.24, 2.45) is 5.92 Å². The van der Waals surface area contributed by atoms with Crippen LogP contribution in [0.5, 0.6) is 17.5 Å². The molecular weight excluding hydrogens is 533 g/mol. The van der Waals surface area contributed by atoms with Crippen molar-refractivity contribution in [1.29, 1.82) is 0 Å². The van der Waals surface area contributed by atoms with Crippen LogP contribution >= 0.6 is 0 Å². The highest BCUT2D eigenvalue weighted by molar-refractivity contribution is 5.49. The van der Waals surface area contributed by atoms with Crippen LogP contribution in [0.1, 0.15) is 25.3 Å². The van der Waals surface area contributed by atoms with E-state index < -0.39 is 16.9 Å². The van der Waals surface area contributed by atoms with E-state index in [0.29, 0.717) is 30.4 Å². The first kappa shape index (κ1) is 27.6. The quantitative estimate of drug-likeness (QED) is 0.241. The molecule has 0 bridgehead atoms. The molecule has 3 aromatic rings. The molecule has 3 heterocycles. The molecule has 2 aliphatic rings. The number of nitrogens with zero attached hydrogens (tertiary/aromatic N) is 4. The summed E-state index contributed by atoms with van der Waals surface area (Å²) in [6.07, 6.45) is -1.47. The van der Waals surface area contributed by atoms with E-state index >= 15 is 0 Å². The fraction of sp³-hybridized carbons (Fsp3) is 0.444. The number of imidazole rings is 1. The molecule has 5 rings (SSSR count). The second kappa shape index (κ2) is 11.2. The normalized spacial score (nSPS) is 19.2. The molecular formula is C27H29F3N4O6. The lowest BCUT2D eigenvalue weighted by molar-refractivity contribution is -0.389. The van der Waals surface area contributed by atoms with E-state index in [9.17, 15) is 23.3 Å². The van der Waals surface area contributed by atoms with E-state index in [1.807, 2.05) is 31.2 Å².